The van der Waals surface area contributed by atoms with Crippen LogP contribution in [0, 0.1) is 0 Å². The van der Waals surface area contributed by atoms with Gasteiger partial charge < -0.3 is 0 Å². The van der Waals surface area contributed by atoms with E-state index in [1.807, 2.05) is 12.3 Å². The topological polar surface area (TPSA) is 30.7 Å². The van der Waals surface area contributed by atoms with Crippen molar-refractivity contribution in [3.8, 4) is 0 Å². The number of hydrogen-bond acceptors (Lipinski definition) is 2. The zero-order valence-electron chi connectivity index (χ0n) is 10.7. The average Bonchev–Trinajstić information content (AvgIpc) is 2.56. The number of nitrogens with zero attached hydrogens (tertiary/aromatic N) is 3. The van der Waals surface area contributed by atoms with E-state index in [4.69, 9.17) is 5.10 Å². The van der Waals surface area contributed by atoms with E-state index in [9.17, 15) is 0 Å². The van der Waals surface area contributed by atoms with Crippen LogP contribution in [-0.4, -0.2) is 33.1 Å². The van der Waals surface area contributed by atoms with Gasteiger partial charge in [0.1, 0.15) is 0 Å². The van der Waals surface area contributed by atoms with Crippen LogP contribution in [-0.2, 0) is 0 Å². The molecule has 0 aliphatic heterocycles. The summed E-state index contributed by atoms with van der Waals surface area (Å²) >= 11 is -2.14. The Bertz CT molecular complexity index is 508. The molecule has 0 atom stereocenters. The van der Waals surface area contributed by atoms with Gasteiger partial charge in [-0.25, -0.2) is 0 Å². The van der Waals surface area contributed by atoms with Crippen LogP contribution in [0.5, 0.6) is 0 Å². The van der Waals surface area contributed by atoms with Gasteiger partial charge in [0.15, 0.2) is 0 Å². The van der Waals surface area contributed by atoms with Gasteiger partial charge in [0.05, 0.1) is 0 Å². The van der Waals surface area contributed by atoms with E-state index < -0.39 is 18.4 Å². The van der Waals surface area contributed by atoms with E-state index in [0.29, 0.717) is 6.04 Å². The Labute approximate surface area is 101 Å². The third-order valence-corrected chi connectivity index (χ3v) is 7.78. The van der Waals surface area contributed by atoms with Crippen LogP contribution in [0.2, 0.25) is 14.8 Å². The molecule has 3 nitrogen and oxygen atoms in total. The summed E-state index contributed by atoms with van der Waals surface area (Å²) < 4.78 is 3.40. The summed E-state index contributed by atoms with van der Waals surface area (Å²) in [4.78, 5) is 11.7. The second-order valence-corrected chi connectivity index (χ2v) is 19.7. The predicted molar refractivity (Wildman–Crippen MR) is 70.9 cm³/mol. The summed E-state index contributed by atoms with van der Waals surface area (Å²) in [7, 11) is 0. The Morgan fingerprint density at radius 3 is 2.50 bits per heavy atom. The maximum absolute atomic E-state index is 4.81. The van der Waals surface area contributed by atoms with E-state index >= 15 is 0 Å². The van der Waals surface area contributed by atoms with E-state index in [-0.39, 0.29) is 0 Å². The molecule has 0 N–H and O–H groups in total. The standard InChI is InChI=1S/C9H10N3.3CH3.Sn/c1-7(2)12-9-8(6-11-12)4-3-5-10-9;;;;/h3-5,7H,1-2H3;3*1H3;. The number of hydrogen-bond donors (Lipinski definition) is 0. The first-order valence-corrected chi connectivity index (χ1v) is 15.7. The molecule has 4 heteroatoms. The van der Waals surface area contributed by atoms with Crippen LogP contribution < -0.4 is 3.71 Å². The molecule has 0 aliphatic rings. The molecule has 0 amide bonds. The van der Waals surface area contributed by atoms with Crippen molar-refractivity contribution >= 4 is 33.1 Å². The number of fused-ring (bicyclic) bond motifs is 1. The van der Waals surface area contributed by atoms with Gasteiger partial charge in [-0.15, -0.1) is 0 Å². The van der Waals surface area contributed by atoms with Crippen molar-refractivity contribution in [2.24, 2.45) is 0 Å². The number of pyridine rings is 1. The molecule has 0 saturated carbocycles. The van der Waals surface area contributed by atoms with Crippen LogP contribution in [0.3, 0.4) is 0 Å². The molecular formula is C12H19N3Sn. The monoisotopic (exact) mass is 325 g/mol. The fraction of sp³-hybridized carbons (Fsp3) is 0.500. The van der Waals surface area contributed by atoms with E-state index in [1.165, 1.54) is 9.10 Å². The minimum atomic E-state index is -2.14. The molecule has 16 heavy (non-hydrogen) atoms. The van der Waals surface area contributed by atoms with Gasteiger partial charge in [-0.3, -0.25) is 0 Å². The van der Waals surface area contributed by atoms with Crippen molar-refractivity contribution in [2.75, 3.05) is 0 Å². The first kappa shape index (κ1) is 11.9. The summed E-state index contributed by atoms with van der Waals surface area (Å²) in [6.07, 6.45) is 1.85. The summed E-state index contributed by atoms with van der Waals surface area (Å²) in [5.74, 6) is 0. The summed E-state index contributed by atoms with van der Waals surface area (Å²) in [5, 5.41) is 6.07. The molecule has 0 unspecified atom stereocenters. The Balaban J connectivity index is 2.77. The first-order valence-electron chi connectivity index (χ1n) is 5.75. The molecular weight excluding hydrogens is 305 g/mol. The minimum absolute atomic E-state index is 0.375. The number of rotatable bonds is 2. The molecule has 2 heterocycles. The molecule has 0 spiro atoms. The quantitative estimate of drug-likeness (QED) is 0.795. The van der Waals surface area contributed by atoms with E-state index in [0.717, 1.165) is 5.65 Å². The van der Waals surface area contributed by atoms with Crippen LogP contribution in [0.1, 0.15) is 19.9 Å². The molecule has 0 fully saturated rings. The molecule has 2 aromatic rings. The van der Waals surface area contributed by atoms with Gasteiger partial charge in [-0.2, -0.15) is 0 Å². The molecule has 0 aromatic carbocycles. The average molecular weight is 324 g/mol. The Morgan fingerprint density at radius 2 is 1.94 bits per heavy atom. The van der Waals surface area contributed by atoms with Gasteiger partial charge >= 0.3 is 101 Å². The molecule has 0 saturated heterocycles. The number of aromatic nitrogens is 3. The SMILES string of the molecule is CC(C)n1n[c]([Sn]([CH3])([CH3])[CH3])c2cccnc21. The third kappa shape index (κ3) is 1.97. The molecule has 2 rings (SSSR count). The zero-order valence-corrected chi connectivity index (χ0v) is 13.5. The van der Waals surface area contributed by atoms with Crippen molar-refractivity contribution < 1.29 is 0 Å². The molecule has 0 bridgehead atoms. The van der Waals surface area contributed by atoms with Crippen LogP contribution >= 0.6 is 0 Å². The van der Waals surface area contributed by atoms with Crippen LogP contribution in [0.25, 0.3) is 11.0 Å². The van der Waals surface area contributed by atoms with Crippen molar-refractivity contribution in [1.82, 2.24) is 14.8 Å². The fourth-order valence-electron chi connectivity index (χ4n) is 1.89. The van der Waals surface area contributed by atoms with Crippen molar-refractivity contribution in [3.63, 3.8) is 0 Å². The van der Waals surface area contributed by atoms with E-state index in [1.54, 1.807) is 0 Å². The normalized spacial score (nSPS) is 12.6. The fourth-order valence-corrected chi connectivity index (χ4v) is 5.91. The Hall–Kier alpha value is -0.581. The van der Waals surface area contributed by atoms with Gasteiger partial charge in [0.2, 0.25) is 0 Å². The van der Waals surface area contributed by atoms with Gasteiger partial charge in [-0.05, 0) is 0 Å². The Kier molecular flexibility index (Phi) is 2.99. The van der Waals surface area contributed by atoms with Crippen LogP contribution in [0.15, 0.2) is 18.3 Å². The molecule has 0 aliphatic carbocycles. The summed E-state index contributed by atoms with van der Waals surface area (Å²) in [6, 6.07) is 4.54. The second kappa shape index (κ2) is 4.02. The summed E-state index contributed by atoms with van der Waals surface area (Å²) in [6.45, 7) is 4.31. The van der Waals surface area contributed by atoms with Gasteiger partial charge in [0, 0.05) is 0 Å². The molecule has 86 valence electrons. The second-order valence-electron chi connectivity index (χ2n) is 5.51. The first-order chi connectivity index (χ1) is 7.41. The maximum atomic E-state index is 4.81. The molecule has 0 radical (unpaired) electrons. The molecule has 2 aromatic heterocycles. The van der Waals surface area contributed by atoms with Crippen molar-refractivity contribution in [2.45, 2.75) is 34.7 Å². The zero-order chi connectivity index (χ0) is 11.9. The van der Waals surface area contributed by atoms with Crippen molar-refractivity contribution in [3.05, 3.63) is 18.3 Å². The summed E-state index contributed by atoms with van der Waals surface area (Å²) in [5.41, 5.74) is 1.04. The van der Waals surface area contributed by atoms with E-state index in [2.05, 4.69) is 44.4 Å². The third-order valence-electron chi connectivity index (χ3n) is 2.67. The van der Waals surface area contributed by atoms with Crippen molar-refractivity contribution in [1.29, 1.82) is 0 Å². The van der Waals surface area contributed by atoms with Gasteiger partial charge in [-0.1, -0.05) is 0 Å². The predicted octanol–water partition coefficient (Wildman–Crippen LogP) is 2.56. The van der Waals surface area contributed by atoms with Gasteiger partial charge in [0.25, 0.3) is 0 Å². The Morgan fingerprint density at radius 1 is 1.25 bits per heavy atom. The van der Waals surface area contributed by atoms with Crippen LogP contribution in [0.4, 0.5) is 0 Å².